The Hall–Kier alpha value is -1.95. The molecular weight excluding hydrogens is 320 g/mol. The van der Waals surface area contributed by atoms with Gasteiger partial charge in [-0.2, -0.15) is 0 Å². The number of hydrogen-bond donors (Lipinski definition) is 1. The van der Waals surface area contributed by atoms with Gasteiger partial charge in [-0.1, -0.05) is 19.9 Å². The van der Waals surface area contributed by atoms with Crippen LogP contribution in [0.5, 0.6) is 11.5 Å². The topological polar surface area (TPSA) is 60.0 Å². The molecule has 0 radical (unpaired) electrons. The largest absolute Gasteiger partial charge is 0.493 e. The molecular formula is C19H32N2O4. The molecule has 6 heteroatoms. The molecule has 1 aromatic carbocycles. The van der Waals surface area contributed by atoms with Crippen LogP contribution in [0.2, 0.25) is 0 Å². The molecule has 1 N–H and O–H groups in total. The minimum atomic E-state index is -0.379. The van der Waals surface area contributed by atoms with Gasteiger partial charge in [0, 0.05) is 12.5 Å². The van der Waals surface area contributed by atoms with Crippen LogP contribution in [-0.4, -0.2) is 58.0 Å². The third-order valence-electron chi connectivity index (χ3n) is 4.34. The molecule has 142 valence electrons. The number of alkyl carbamates (subject to hydrolysis) is 1. The highest BCUT2D eigenvalue weighted by molar-refractivity contribution is 5.67. The second kappa shape index (κ2) is 11.6. The number of carbonyl (C=O) groups is 1. The molecule has 1 amide bonds. The van der Waals surface area contributed by atoms with E-state index in [1.807, 2.05) is 18.2 Å². The molecule has 0 aliphatic heterocycles. The van der Waals surface area contributed by atoms with E-state index in [-0.39, 0.29) is 12.0 Å². The summed E-state index contributed by atoms with van der Waals surface area (Å²) in [7, 11) is 3.25. The lowest BCUT2D eigenvalue weighted by Crippen LogP contribution is -2.31. The SMILES string of the molecule is CCOC(=O)NCC(CCN(CC)CC)c1ccc(OC)c(OC)c1. The Morgan fingerprint density at radius 1 is 1.12 bits per heavy atom. The van der Waals surface area contributed by atoms with Crippen molar-refractivity contribution in [1.29, 1.82) is 0 Å². The normalized spacial score (nSPS) is 11.9. The van der Waals surface area contributed by atoms with Crippen LogP contribution in [0.3, 0.4) is 0 Å². The Labute approximate surface area is 151 Å². The van der Waals surface area contributed by atoms with Crippen LogP contribution in [0.1, 0.15) is 38.7 Å². The molecule has 1 unspecified atom stereocenters. The van der Waals surface area contributed by atoms with E-state index in [2.05, 4.69) is 24.1 Å². The molecule has 0 aromatic heterocycles. The maximum absolute atomic E-state index is 11.7. The van der Waals surface area contributed by atoms with Crippen molar-refractivity contribution in [2.24, 2.45) is 0 Å². The summed E-state index contributed by atoms with van der Waals surface area (Å²) in [5.74, 6) is 1.57. The summed E-state index contributed by atoms with van der Waals surface area (Å²) in [6.07, 6.45) is 0.555. The number of methoxy groups -OCH3 is 2. The van der Waals surface area contributed by atoms with Crippen LogP contribution >= 0.6 is 0 Å². The van der Waals surface area contributed by atoms with Crippen LogP contribution in [-0.2, 0) is 4.74 Å². The lowest BCUT2D eigenvalue weighted by atomic mass is 9.94. The number of ether oxygens (including phenoxy) is 3. The maximum atomic E-state index is 11.7. The van der Waals surface area contributed by atoms with Gasteiger partial charge in [0.05, 0.1) is 20.8 Å². The van der Waals surface area contributed by atoms with Gasteiger partial charge < -0.3 is 24.4 Å². The standard InChI is InChI=1S/C19H32N2O4/c1-6-21(7-2)12-11-16(14-20-19(22)25-8-3)15-9-10-17(23-4)18(13-15)24-5/h9-10,13,16H,6-8,11-12,14H2,1-5H3,(H,20,22). The third kappa shape index (κ3) is 6.82. The third-order valence-corrected chi connectivity index (χ3v) is 4.34. The van der Waals surface area contributed by atoms with E-state index in [0.717, 1.165) is 31.6 Å². The number of hydrogen-bond acceptors (Lipinski definition) is 5. The Bertz CT molecular complexity index is 518. The molecule has 25 heavy (non-hydrogen) atoms. The number of carbonyl (C=O) groups excluding carboxylic acids is 1. The van der Waals surface area contributed by atoms with E-state index in [1.165, 1.54) is 0 Å². The first-order chi connectivity index (χ1) is 12.1. The maximum Gasteiger partial charge on any atom is 0.407 e. The van der Waals surface area contributed by atoms with Gasteiger partial charge in [0.25, 0.3) is 0 Å². The molecule has 0 spiro atoms. The van der Waals surface area contributed by atoms with Crippen LogP contribution < -0.4 is 14.8 Å². The Morgan fingerprint density at radius 2 is 1.80 bits per heavy atom. The second-order valence-electron chi connectivity index (χ2n) is 5.73. The Kier molecular flexibility index (Phi) is 9.77. The van der Waals surface area contributed by atoms with E-state index in [9.17, 15) is 4.79 Å². The molecule has 0 heterocycles. The van der Waals surface area contributed by atoms with Crippen molar-refractivity contribution in [3.63, 3.8) is 0 Å². The summed E-state index contributed by atoms with van der Waals surface area (Å²) in [4.78, 5) is 14.0. The molecule has 0 saturated heterocycles. The summed E-state index contributed by atoms with van der Waals surface area (Å²) in [5, 5.41) is 2.86. The zero-order valence-corrected chi connectivity index (χ0v) is 16.1. The number of rotatable bonds is 11. The summed E-state index contributed by atoms with van der Waals surface area (Å²) in [6, 6.07) is 5.92. The zero-order chi connectivity index (χ0) is 18.7. The molecule has 1 aromatic rings. The number of amides is 1. The molecule has 0 saturated carbocycles. The molecule has 0 bridgehead atoms. The van der Waals surface area contributed by atoms with Gasteiger partial charge in [-0.3, -0.25) is 0 Å². The van der Waals surface area contributed by atoms with Crippen molar-refractivity contribution in [1.82, 2.24) is 10.2 Å². The van der Waals surface area contributed by atoms with Gasteiger partial charge in [0.1, 0.15) is 0 Å². The van der Waals surface area contributed by atoms with Gasteiger partial charge in [-0.05, 0) is 50.7 Å². The average molecular weight is 352 g/mol. The fourth-order valence-electron chi connectivity index (χ4n) is 2.76. The van der Waals surface area contributed by atoms with Crippen molar-refractivity contribution >= 4 is 6.09 Å². The van der Waals surface area contributed by atoms with Gasteiger partial charge >= 0.3 is 6.09 Å². The highest BCUT2D eigenvalue weighted by Gasteiger charge is 2.17. The second-order valence-corrected chi connectivity index (χ2v) is 5.73. The molecule has 0 aliphatic rings. The van der Waals surface area contributed by atoms with Crippen molar-refractivity contribution in [2.75, 3.05) is 47.0 Å². The predicted octanol–water partition coefficient (Wildman–Crippen LogP) is 3.27. The first kappa shape index (κ1) is 21.1. The van der Waals surface area contributed by atoms with Crippen LogP contribution in [0.15, 0.2) is 18.2 Å². The van der Waals surface area contributed by atoms with E-state index < -0.39 is 0 Å². The summed E-state index contributed by atoms with van der Waals surface area (Å²) < 4.78 is 15.7. The molecule has 0 aliphatic carbocycles. The van der Waals surface area contributed by atoms with Gasteiger partial charge in [-0.25, -0.2) is 4.79 Å². The fraction of sp³-hybridized carbons (Fsp3) is 0.632. The average Bonchev–Trinajstić information content (AvgIpc) is 2.64. The minimum Gasteiger partial charge on any atom is -0.493 e. The summed E-state index contributed by atoms with van der Waals surface area (Å²) >= 11 is 0. The number of nitrogens with zero attached hydrogens (tertiary/aromatic N) is 1. The van der Waals surface area contributed by atoms with E-state index >= 15 is 0 Å². The number of nitrogens with one attached hydrogen (secondary N) is 1. The highest BCUT2D eigenvalue weighted by atomic mass is 16.5. The fourth-order valence-corrected chi connectivity index (χ4v) is 2.76. The monoisotopic (exact) mass is 352 g/mol. The first-order valence-corrected chi connectivity index (χ1v) is 8.94. The van der Waals surface area contributed by atoms with Crippen LogP contribution in [0.4, 0.5) is 4.79 Å². The van der Waals surface area contributed by atoms with Crippen molar-refractivity contribution in [3.05, 3.63) is 23.8 Å². The van der Waals surface area contributed by atoms with Gasteiger partial charge in [-0.15, -0.1) is 0 Å². The Balaban J connectivity index is 2.89. The first-order valence-electron chi connectivity index (χ1n) is 8.94. The molecule has 6 nitrogen and oxygen atoms in total. The molecule has 1 atom stereocenters. The predicted molar refractivity (Wildman–Crippen MR) is 99.7 cm³/mol. The highest BCUT2D eigenvalue weighted by Crippen LogP contribution is 2.31. The molecule has 0 fully saturated rings. The van der Waals surface area contributed by atoms with Crippen molar-refractivity contribution < 1.29 is 19.0 Å². The number of benzene rings is 1. The summed E-state index contributed by atoms with van der Waals surface area (Å²) in [5.41, 5.74) is 1.11. The lowest BCUT2D eigenvalue weighted by Gasteiger charge is -2.24. The van der Waals surface area contributed by atoms with Crippen molar-refractivity contribution in [3.8, 4) is 11.5 Å². The van der Waals surface area contributed by atoms with Crippen LogP contribution in [0, 0.1) is 0 Å². The summed E-state index contributed by atoms with van der Waals surface area (Å²) in [6.45, 7) is 10.0. The van der Waals surface area contributed by atoms with Crippen molar-refractivity contribution in [2.45, 2.75) is 33.1 Å². The smallest absolute Gasteiger partial charge is 0.407 e. The van der Waals surface area contributed by atoms with E-state index in [4.69, 9.17) is 14.2 Å². The quantitative estimate of drug-likeness (QED) is 0.662. The van der Waals surface area contributed by atoms with E-state index in [1.54, 1.807) is 21.1 Å². The minimum absolute atomic E-state index is 0.171. The Morgan fingerprint density at radius 3 is 2.36 bits per heavy atom. The lowest BCUT2D eigenvalue weighted by molar-refractivity contribution is 0.151. The zero-order valence-electron chi connectivity index (χ0n) is 16.1. The van der Waals surface area contributed by atoms with E-state index in [0.29, 0.717) is 24.7 Å². The van der Waals surface area contributed by atoms with Gasteiger partial charge in [0.15, 0.2) is 11.5 Å². The van der Waals surface area contributed by atoms with Gasteiger partial charge in [0.2, 0.25) is 0 Å². The van der Waals surface area contributed by atoms with Crippen LogP contribution in [0.25, 0.3) is 0 Å². The molecule has 1 rings (SSSR count).